The van der Waals surface area contributed by atoms with E-state index in [1.807, 2.05) is 13.0 Å². The van der Waals surface area contributed by atoms with Crippen LogP contribution in [0.5, 0.6) is 0 Å². The van der Waals surface area contributed by atoms with Crippen molar-refractivity contribution < 1.29 is 9.50 Å². The number of rotatable bonds is 5. The van der Waals surface area contributed by atoms with Crippen LogP contribution in [0.25, 0.3) is 0 Å². The molecule has 0 aromatic heterocycles. The first-order valence-corrected chi connectivity index (χ1v) is 7.25. The molecular formula is C16H24FNO. The summed E-state index contributed by atoms with van der Waals surface area (Å²) in [5, 5.41) is 13.1. The van der Waals surface area contributed by atoms with Crippen molar-refractivity contribution in [3.8, 4) is 0 Å². The zero-order valence-electron chi connectivity index (χ0n) is 11.7. The van der Waals surface area contributed by atoms with Gasteiger partial charge >= 0.3 is 0 Å². The van der Waals surface area contributed by atoms with Gasteiger partial charge in [0.1, 0.15) is 5.82 Å². The van der Waals surface area contributed by atoms with Crippen molar-refractivity contribution in [2.24, 2.45) is 5.41 Å². The van der Waals surface area contributed by atoms with E-state index in [0.29, 0.717) is 0 Å². The van der Waals surface area contributed by atoms with Crippen LogP contribution in [0.15, 0.2) is 24.3 Å². The minimum absolute atomic E-state index is 0.0276. The maximum absolute atomic E-state index is 13.2. The monoisotopic (exact) mass is 265 g/mol. The summed E-state index contributed by atoms with van der Waals surface area (Å²) in [6.07, 6.45) is 5.87. The lowest BCUT2D eigenvalue weighted by Crippen LogP contribution is -2.40. The average molecular weight is 265 g/mol. The Labute approximate surface area is 115 Å². The van der Waals surface area contributed by atoms with Crippen molar-refractivity contribution in [3.05, 3.63) is 35.6 Å². The molecule has 0 spiro atoms. The van der Waals surface area contributed by atoms with Crippen LogP contribution in [-0.4, -0.2) is 18.3 Å². The van der Waals surface area contributed by atoms with Crippen LogP contribution in [0.1, 0.15) is 50.6 Å². The lowest BCUT2D eigenvalue weighted by atomic mass is 9.74. The second-order valence-corrected chi connectivity index (χ2v) is 5.88. The van der Waals surface area contributed by atoms with Gasteiger partial charge in [-0.15, -0.1) is 0 Å². The van der Waals surface area contributed by atoms with Crippen molar-refractivity contribution in [3.63, 3.8) is 0 Å². The minimum atomic E-state index is -0.194. The second-order valence-electron chi connectivity index (χ2n) is 5.88. The fraction of sp³-hybridized carbons (Fsp3) is 0.625. The lowest BCUT2D eigenvalue weighted by Gasteiger charge is -2.36. The Morgan fingerprint density at radius 2 is 2.05 bits per heavy atom. The summed E-state index contributed by atoms with van der Waals surface area (Å²) in [6.45, 7) is 3.10. The average Bonchev–Trinajstić information content (AvgIpc) is 2.46. The van der Waals surface area contributed by atoms with Crippen LogP contribution >= 0.6 is 0 Å². The van der Waals surface area contributed by atoms with Crippen molar-refractivity contribution in [2.45, 2.75) is 45.1 Å². The molecule has 0 radical (unpaired) electrons. The minimum Gasteiger partial charge on any atom is -0.396 e. The van der Waals surface area contributed by atoms with Crippen LogP contribution < -0.4 is 5.32 Å². The Morgan fingerprint density at radius 3 is 2.68 bits per heavy atom. The number of benzene rings is 1. The fourth-order valence-electron chi connectivity index (χ4n) is 2.96. The van der Waals surface area contributed by atoms with Crippen molar-refractivity contribution in [1.29, 1.82) is 0 Å². The van der Waals surface area contributed by atoms with Gasteiger partial charge in [-0.1, -0.05) is 31.4 Å². The van der Waals surface area contributed by atoms with Crippen LogP contribution in [-0.2, 0) is 0 Å². The number of halogens is 1. The first-order chi connectivity index (χ1) is 9.15. The quantitative estimate of drug-likeness (QED) is 0.855. The molecule has 0 unspecified atom stereocenters. The molecule has 2 nitrogen and oxygen atoms in total. The number of hydrogen-bond donors (Lipinski definition) is 2. The Balaban J connectivity index is 1.93. The van der Waals surface area contributed by atoms with E-state index >= 15 is 0 Å². The molecule has 106 valence electrons. The Kier molecular flexibility index (Phi) is 4.94. The zero-order valence-corrected chi connectivity index (χ0v) is 11.7. The van der Waals surface area contributed by atoms with Gasteiger partial charge in [0.15, 0.2) is 0 Å². The molecule has 2 N–H and O–H groups in total. The Morgan fingerprint density at radius 1 is 1.32 bits per heavy atom. The largest absolute Gasteiger partial charge is 0.396 e. The highest BCUT2D eigenvalue weighted by molar-refractivity contribution is 5.19. The molecule has 1 saturated carbocycles. The van der Waals surface area contributed by atoms with E-state index in [-0.39, 0.29) is 23.9 Å². The predicted molar refractivity (Wildman–Crippen MR) is 75.4 cm³/mol. The van der Waals surface area contributed by atoms with Gasteiger partial charge in [0.05, 0.1) is 0 Å². The van der Waals surface area contributed by atoms with Crippen LogP contribution in [0, 0.1) is 11.2 Å². The van der Waals surface area contributed by atoms with Crippen LogP contribution in [0.3, 0.4) is 0 Å². The summed E-state index contributed by atoms with van der Waals surface area (Å²) in [6, 6.07) is 6.83. The molecule has 0 saturated heterocycles. The molecule has 2 rings (SSSR count). The normalized spacial score (nSPS) is 20.2. The van der Waals surface area contributed by atoms with Gasteiger partial charge in [-0.2, -0.15) is 0 Å². The van der Waals surface area contributed by atoms with Gasteiger partial charge in [-0.3, -0.25) is 0 Å². The molecule has 1 aromatic carbocycles. The summed E-state index contributed by atoms with van der Waals surface area (Å²) in [5.41, 5.74) is 0.990. The third-order valence-electron chi connectivity index (χ3n) is 4.38. The molecule has 0 bridgehead atoms. The highest BCUT2D eigenvalue weighted by Gasteiger charge is 2.31. The molecule has 3 heteroatoms. The second kappa shape index (κ2) is 6.49. The molecule has 1 aromatic rings. The first-order valence-electron chi connectivity index (χ1n) is 7.25. The van der Waals surface area contributed by atoms with Gasteiger partial charge in [-0.25, -0.2) is 4.39 Å². The highest BCUT2D eigenvalue weighted by Crippen LogP contribution is 2.35. The van der Waals surface area contributed by atoms with E-state index in [9.17, 15) is 9.50 Å². The third kappa shape index (κ3) is 3.77. The van der Waals surface area contributed by atoms with E-state index in [4.69, 9.17) is 0 Å². The van der Waals surface area contributed by atoms with Gasteiger partial charge in [0, 0.05) is 24.6 Å². The van der Waals surface area contributed by atoms with E-state index in [2.05, 4.69) is 5.32 Å². The predicted octanol–water partition coefficient (Wildman–Crippen LogP) is 3.42. The van der Waals surface area contributed by atoms with Gasteiger partial charge in [-0.05, 0) is 37.5 Å². The topological polar surface area (TPSA) is 32.3 Å². The van der Waals surface area contributed by atoms with E-state index in [1.54, 1.807) is 12.1 Å². The highest BCUT2D eigenvalue weighted by atomic mass is 19.1. The molecule has 1 aliphatic rings. The fourth-order valence-corrected chi connectivity index (χ4v) is 2.96. The number of nitrogens with one attached hydrogen (secondary N) is 1. The molecule has 1 aliphatic carbocycles. The van der Waals surface area contributed by atoms with Crippen molar-refractivity contribution >= 4 is 0 Å². The first kappa shape index (κ1) is 14.5. The Hall–Kier alpha value is -0.930. The summed E-state index contributed by atoms with van der Waals surface area (Å²) in [5.74, 6) is -0.194. The van der Waals surface area contributed by atoms with Crippen molar-refractivity contribution in [1.82, 2.24) is 5.32 Å². The summed E-state index contributed by atoms with van der Waals surface area (Å²) in [4.78, 5) is 0. The van der Waals surface area contributed by atoms with Gasteiger partial charge in [0.25, 0.3) is 0 Å². The van der Waals surface area contributed by atoms with Crippen LogP contribution in [0.4, 0.5) is 4.39 Å². The molecule has 0 heterocycles. The smallest absolute Gasteiger partial charge is 0.123 e. The molecule has 1 atom stereocenters. The number of aliphatic hydroxyl groups excluding tert-OH is 1. The summed E-state index contributed by atoms with van der Waals surface area (Å²) < 4.78 is 13.2. The van der Waals surface area contributed by atoms with Gasteiger partial charge in [0.2, 0.25) is 0 Å². The maximum atomic E-state index is 13.2. The van der Waals surface area contributed by atoms with Crippen LogP contribution in [0.2, 0.25) is 0 Å². The third-order valence-corrected chi connectivity index (χ3v) is 4.38. The molecular weight excluding hydrogens is 241 g/mol. The number of hydrogen-bond acceptors (Lipinski definition) is 2. The molecule has 1 fully saturated rings. The molecule has 0 aliphatic heterocycles. The summed E-state index contributed by atoms with van der Waals surface area (Å²) in [7, 11) is 0. The van der Waals surface area contributed by atoms with E-state index < -0.39 is 0 Å². The van der Waals surface area contributed by atoms with E-state index in [1.165, 1.54) is 25.3 Å². The zero-order chi connectivity index (χ0) is 13.7. The lowest BCUT2D eigenvalue weighted by molar-refractivity contribution is 0.0788. The Bertz CT molecular complexity index is 401. The molecule has 19 heavy (non-hydrogen) atoms. The maximum Gasteiger partial charge on any atom is 0.123 e. The van der Waals surface area contributed by atoms with E-state index in [0.717, 1.165) is 24.9 Å². The SMILES string of the molecule is C[C@H](NCC1(CO)CCCCC1)c1cccc(F)c1. The van der Waals surface area contributed by atoms with Gasteiger partial charge < -0.3 is 10.4 Å². The van der Waals surface area contributed by atoms with Crippen molar-refractivity contribution in [2.75, 3.05) is 13.2 Å². The summed E-state index contributed by atoms with van der Waals surface area (Å²) >= 11 is 0. The number of aliphatic hydroxyl groups is 1. The molecule has 0 amide bonds. The standard InChI is InChI=1S/C16H24FNO/c1-13(14-6-5-7-15(17)10-14)18-11-16(12-19)8-3-2-4-9-16/h5-7,10,13,18-19H,2-4,8-9,11-12H2,1H3/t13-/m0/s1.